The topological polar surface area (TPSA) is 43.4 Å². The van der Waals surface area contributed by atoms with Gasteiger partial charge in [0.05, 0.1) is 4.88 Å². The zero-order chi connectivity index (χ0) is 12.5. The number of carbonyl (C=O) groups excluding carboxylic acids is 2. The molecule has 0 spiro atoms. The smallest absolute Gasteiger partial charge is 0.348 e. The Bertz CT molecular complexity index is 429. The van der Waals surface area contributed by atoms with Gasteiger partial charge in [0, 0.05) is 4.47 Å². The molecule has 0 bridgehead atoms. The lowest BCUT2D eigenvalue weighted by molar-refractivity contribution is 0.00751. The summed E-state index contributed by atoms with van der Waals surface area (Å²) in [6, 6.07) is 1.62. The van der Waals surface area contributed by atoms with Gasteiger partial charge in [0.2, 0.25) is 0 Å². The molecule has 0 aliphatic carbocycles. The van der Waals surface area contributed by atoms with Crippen molar-refractivity contribution in [2.45, 2.75) is 33.3 Å². The summed E-state index contributed by atoms with van der Waals surface area (Å²) in [7, 11) is 0. The maximum atomic E-state index is 11.7. The minimum absolute atomic E-state index is 0.0633. The van der Waals surface area contributed by atoms with Crippen molar-refractivity contribution in [1.29, 1.82) is 0 Å². The van der Waals surface area contributed by atoms with Crippen LogP contribution in [0.25, 0.3) is 0 Å². The van der Waals surface area contributed by atoms with Crippen molar-refractivity contribution < 1.29 is 14.3 Å². The van der Waals surface area contributed by atoms with Crippen LogP contribution in [0.2, 0.25) is 0 Å². The molecule has 16 heavy (non-hydrogen) atoms. The highest BCUT2D eigenvalue weighted by Gasteiger charge is 2.21. The molecular formula is C11H13BrO3S. The average Bonchev–Trinajstić information content (AvgIpc) is 2.44. The SMILES string of the molecule is CC(=O)c1sc(C(=O)OC(C)(C)C)cc1Br. The van der Waals surface area contributed by atoms with Gasteiger partial charge in [-0.1, -0.05) is 0 Å². The van der Waals surface area contributed by atoms with Crippen LogP contribution in [0, 0.1) is 0 Å². The fourth-order valence-electron chi connectivity index (χ4n) is 1.04. The third-order valence-electron chi connectivity index (χ3n) is 1.61. The summed E-state index contributed by atoms with van der Waals surface area (Å²) < 4.78 is 5.86. The molecule has 88 valence electrons. The van der Waals surface area contributed by atoms with Crippen LogP contribution in [0.5, 0.6) is 0 Å². The zero-order valence-electron chi connectivity index (χ0n) is 9.59. The molecule has 0 saturated heterocycles. The Balaban J connectivity index is 2.94. The summed E-state index contributed by atoms with van der Waals surface area (Å²) >= 11 is 4.39. The summed E-state index contributed by atoms with van der Waals surface area (Å²) in [5, 5.41) is 0. The molecule has 1 heterocycles. The van der Waals surface area contributed by atoms with E-state index in [9.17, 15) is 9.59 Å². The highest BCUT2D eigenvalue weighted by atomic mass is 79.9. The van der Waals surface area contributed by atoms with Crippen LogP contribution in [-0.2, 0) is 4.74 Å². The lowest BCUT2D eigenvalue weighted by Crippen LogP contribution is -2.23. The summed E-state index contributed by atoms with van der Waals surface area (Å²) in [5.41, 5.74) is -0.524. The van der Waals surface area contributed by atoms with Crippen LogP contribution in [0.3, 0.4) is 0 Å². The number of hydrogen-bond donors (Lipinski definition) is 0. The normalized spacial score (nSPS) is 11.3. The van der Waals surface area contributed by atoms with E-state index in [1.54, 1.807) is 26.8 Å². The Hall–Kier alpha value is -0.680. The van der Waals surface area contributed by atoms with Gasteiger partial charge in [-0.05, 0) is 49.7 Å². The molecule has 0 radical (unpaired) electrons. The van der Waals surface area contributed by atoms with Crippen LogP contribution >= 0.6 is 27.3 Å². The van der Waals surface area contributed by atoms with Crippen LogP contribution in [0.15, 0.2) is 10.5 Å². The molecule has 0 aliphatic heterocycles. The maximum Gasteiger partial charge on any atom is 0.348 e. The van der Waals surface area contributed by atoms with Gasteiger partial charge < -0.3 is 4.74 Å². The second kappa shape index (κ2) is 4.67. The lowest BCUT2D eigenvalue weighted by atomic mass is 10.2. The van der Waals surface area contributed by atoms with Gasteiger partial charge in [-0.2, -0.15) is 0 Å². The predicted molar refractivity (Wildman–Crippen MR) is 67.2 cm³/mol. The van der Waals surface area contributed by atoms with E-state index in [4.69, 9.17) is 4.74 Å². The van der Waals surface area contributed by atoms with Crippen molar-refractivity contribution in [2.24, 2.45) is 0 Å². The van der Waals surface area contributed by atoms with E-state index in [0.29, 0.717) is 14.2 Å². The van der Waals surface area contributed by atoms with Gasteiger partial charge in [-0.3, -0.25) is 4.79 Å². The maximum absolute atomic E-state index is 11.7. The first-order valence-electron chi connectivity index (χ1n) is 4.74. The molecule has 0 aliphatic rings. The van der Waals surface area contributed by atoms with Crippen molar-refractivity contribution in [3.05, 3.63) is 20.3 Å². The molecule has 0 fully saturated rings. The molecule has 1 aromatic heterocycles. The van der Waals surface area contributed by atoms with Crippen molar-refractivity contribution >= 4 is 39.0 Å². The Morgan fingerprint density at radius 3 is 2.31 bits per heavy atom. The highest BCUT2D eigenvalue weighted by molar-refractivity contribution is 9.10. The summed E-state index contributed by atoms with van der Waals surface area (Å²) in [6.45, 7) is 6.88. The van der Waals surface area contributed by atoms with Crippen LogP contribution in [0.1, 0.15) is 47.0 Å². The molecule has 0 atom stereocenters. The predicted octanol–water partition coefficient (Wildman–Crippen LogP) is 3.67. The van der Waals surface area contributed by atoms with E-state index in [1.807, 2.05) is 0 Å². The fourth-order valence-corrected chi connectivity index (χ4v) is 2.76. The zero-order valence-corrected chi connectivity index (χ0v) is 12.0. The highest BCUT2D eigenvalue weighted by Crippen LogP contribution is 2.29. The average molecular weight is 305 g/mol. The van der Waals surface area contributed by atoms with Crippen molar-refractivity contribution in [3.63, 3.8) is 0 Å². The van der Waals surface area contributed by atoms with E-state index in [1.165, 1.54) is 6.92 Å². The molecule has 5 heteroatoms. The molecule has 0 saturated carbocycles. The number of esters is 1. The number of halogens is 1. The quantitative estimate of drug-likeness (QED) is 0.618. The molecular weight excluding hydrogens is 292 g/mol. The second-order valence-electron chi connectivity index (χ2n) is 4.35. The largest absolute Gasteiger partial charge is 0.456 e. The van der Waals surface area contributed by atoms with Crippen LogP contribution < -0.4 is 0 Å². The van der Waals surface area contributed by atoms with Gasteiger partial charge in [-0.25, -0.2) is 4.79 Å². The summed E-state index contributed by atoms with van der Waals surface area (Å²) in [6.07, 6.45) is 0. The fraction of sp³-hybridized carbons (Fsp3) is 0.455. The van der Waals surface area contributed by atoms with Crippen molar-refractivity contribution in [3.8, 4) is 0 Å². The van der Waals surface area contributed by atoms with Gasteiger partial charge in [-0.15, -0.1) is 11.3 Å². The second-order valence-corrected chi connectivity index (χ2v) is 6.25. The summed E-state index contributed by atoms with van der Waals surface area (Å²) in [4.78, 5) is 23.9. The minimum atomic E-state index is -0.524. The van der Waals surface area contributed by atoms with Crippen LogP contribution in [-0.4, -0.2) is 17.4 Å². The Morgan fingerprint density at radius 1 is 1.38 bits per heavy atom. The molecule has 3 nitrogen and oxygen atoms in total. The minimum Gasteiger partial charge on any atom is -0.456 e. The van der Waals surface area contributed by atoms with E-state index >= 15 is 0 Å². The molecule has 0 aromatic carbocycles. The van der Waals surface area contributed by atoms with E-state index < -0.39 is 11.6 Å². The number of rotatable bonds is 2. The molecule has 0 N–H and O–H groups in total. The number of Topliss-reactive ketones (excluding diaryl/α,β-unsaturated/α-hetero) is 1. The van der Waals surface area contributed by atoms with E-state index in [0.717, 1.165) is 11.3 Å². The number of ether oxygens (including phenoxy) is 1. The van der Waals surface area contributed by atoms with Gasteiger partial charge in [0.1, 0.15) is 10.5 Å². The first-order chi connectivity index (χ1) is 7.20. The molecule has 0 amide bonds. The molecule has 0 unspecified atom stereocenters. The monoisotopic (exact) mass is 304 g/mol. The number of thiophene rings is 1. The number of hydrogen-bond acceptors (Lipinski definition) is 4. The van der Waals surface area contributed by atoms with E-state index in [-0.39, 0.29) is 5.78 Å². The van der Waals surface area contributed by atoms with Gasteiger partial charge in [0.15, 0.2) is 5.78 Å². The first-order valence-corrected chi connectivity index (χ1v) is 6.35. The Morgan fingerprint density at radius 2 is 1.94 bits per heavy atom. The van der Waals surface area contributed by atoms with Crippen molar-refractivity contribution in [2.75, 3.05) is 0 Å². The lowest BCUT2D eigenvalue weighted by Gasteiger charge is -2.18. The molecule has 1 rings (SSSR count). The van der Waals surface area contributed by atoms with Gasteiger partial charge in [0.25, 0.3) is 0 Å². The standard InChI is InChI=1S/C11H13BrO3S/c1-6(13)9-7(12)5-8(16-9)10(14)15-11(2,3)4/h5H,1-4H3. The molecule has 1 aromatic rings. The third kappa shape index (κ3) is 3.42. The Kier molecular flexibility index (Phi) is 3.91. The third-order valence-corrected chi connectivity index (χ3v) is 3.71. The summed E-state index contributed by atoms with van der Waals surface area (Å²) in [5.74, 6) is -0.461. The van der Waals surface area contributed by atoms with Gasteiger partial charge >= 0.3 is 5.97 Å². The number of ketones is 1. The first kappa shape index (κ1) is 13.4. The van der Waals surface area contributed by atoms with Crippen molar-refractivity contribution in [1.82, 2.24) is 0 Å². The van der Waals surface area contributed by atoms with E-state index in [2.05, 4.69) is 15.9 Å². The Labute approximate surface area is 107 Å². The number of carbonyl (C=O) groups is 2. The van der Waals surface area contributed by atoms with Crippen LogP contribution in [0.4, 0.5) is 0 Å².